The van der Waals surface area contributed by atoms with E-state index in [1.54, 1.807) is 6.08 Å². The molecule has 1 aliphatic rings. The van der Waals surface area contributed by atoms with Gasteiger partial charge < -0.3 is 4.74 Å². The Morgan fingerprint density at radius 3 is 2.42 bits per heavy atom. The topological polar surface area (TPSA) is 43.4 Å². The summed E-state index contributed by atoms with van der Waals surface area (Å²) in [5.41, 5.74) is 1.03. The van der Waals surface area contributed by atoms with E-state index < -0.39 is 11.9 Å². The van der Waals surface area contributed by atoms with Crippen LogP contribution in [0.15, 0.2) is 11.6 Å². The van der Waals surface area contributed by atoms with Crippen LogP contribution in [-0.4, -0.2) is 41.5 Å². The Morgan fingerprint density at radius 1 is 1.50 bits per heavy atom. The molecule has 0 radical (unpaired) electrons. The molecule has 0 aromatic heterocycles. The Labute approximate surface area is 93.4 Å². The van der Waals surface area contributed by atoms with Gasteiger partial charge in [0.15, 0.2) is 0 Å². The van der Waals surface area contributed by atoms with Crippen molar-refractivity contribution in [3.63, 3.8) is 0 Å². The van der Waals surface area contributed by atoms with Crippen molar-refractivity contribution in [2.75, 3.05) is 0 Å². The number of carbonyl (C=O) groups excluding carboxylic acids is 2. The first kappa shape index (κ1) is 11.9. The third kappa shape index (κ3) is 3.09. The first-order chi connectivity index (χ1) is 5.09. The molecule has 0 aliphatic carbocycles. The van der Waals surface area contributed by atoms with Crippen LogP contribution in [0.3, 0.4) is 0 Å². The molecule has 1 fully saturated rings. The summed E-state index contributed by atoms with van der Waals surface area (Å²) in [6.07, 6.45) is 1.96. The second-order valence-corrected chi connectivity index (χ2v) is 2.85. The van der Waals surface area contributed by atoms with Gasteiger partial charge in [0.05, 0.1) is 12.3 Å². The minimum absolute atomic E-state index is 0. The van der Waals surface area contributed by atoms with Crippen molar-refractivity contribution in [3.8, 4) is 0 Å². The molecule has 1 atom stereocenters. The van der Waals surface area contributed by atoms with Crippen molar-refractivity contribution < 1.29 is 14.3 Å². The molecule has 0 spiro atoms. The standard InChI is InChI=1S/C8H10O3.Na.H/c1-5(2)3-6-4-7(9)11-8(6)10;;/h3,6H,4H2,1-2H3;;. The molecule has 0 amide bonds. The van der Waals surface area contributed by atoms with E-state index in [1.165, 1.54) is 0 Å². The van der Waals surface area contributed by atoms with E-state index in [2.05, 4.69) is 4.74 Å². The first-order valence-corrected chi connectivity index (χ1v) is 3.49. The number of hydrogen-bond donors (Lipinski definition) is 0. The summed E-state index contributed by atoms with van der Waals surface area (Å²) in [5, 5.41) is 0. The predicted molar refractivity (Wildman–Crippen MR) is 45.8 cm³/mol. The molecule has 1 heterocycles. The maximum atomic E-state index is 10.8. The second-order valence-electron chi connectivity index (χ2n) is 2.85. The molecule has 1 aliphatic heterocycles. The van der Waals surface area contributed by atoms with Gasteiger partial charge in [-0.15, -0.1) is 0 Å². The van der Waals surface area contributed by atoms with Crippen LogP contribution >= 0.6 is 0 Å². The van der Waals surface area contributed by atoms with Gasteiger partial charge in [-0.3, -0.25) is 9.59 Å². The molecule has 1 unspecified atom stereocenters. The van der Waals surface area contributed by atoms with Gasteiger partial charge in [0.25, 0.3) is 0 Å². The Balaban J connectivity index is 0.00000121. The van der Waals surface area contributed by atoms with Gasteiger partial charge in [-0.25, -0.2) is 0 Å². The van der Waals surface area contributed by atoms with Gasteiger partial charge >= 0.3 is 41.5 Å². The monoisotopic (exact) mass is 178 g/mol. The van der Waals surface area contributed by atoms with Gasteiger partial charge in [0.2, 0.25) is 0 Å². The van der Waals surface area contributed by atoms with Crippen molar-refractivity contribution in [3.05, 3.63) is 11.6 Å². The van der Waals surface area contributed by atoms with E-state index in [1.807, 2.05) is 13.8 Å². The molecule has 0 aromatic carbocycles. The molecular weight excluding hydrogens is 167 g/mol. The van der Waals surface area contributed by atoms with Crippen molar-refractivity contribution in [1.82, 2.24) is 0 Å². The summed E-state index contributed by atoms with van der Waals surface area (Å²) in [7, 11) is 0. The fourth-order valence-electron chi connectivity index (χ4n) is 1.02. The third-order valence-corrected chi connectivity index (χ3v) is 1.44. The summed E-state index contributed by atoms with van der Waals surface area (Å²) in [6.45, 7) is 3.77. The van der Waals surface area contributed by atoms with Crippen molar-refractivity contribution in [2.24, 2.45) is 5.92 Å². The zero-order valence-corrected chi connectivity index (χ0v) is 6.59. The van der Waals surface area contributed by atoms with Gasteiger partial charge in [-0.05, 0) is 13.8 Å². The number of hydrogen-bond acceptors (Lipinski definition) is 3. The normalized spacial score (nSPS) is 21.3. The van der Waals surface area contributed by atoms with E-state index >= 15 is 0 Å². The first-order valence-electron chi connectivity index (χ1n) is 3.49. The van der Waals surface area contributed by atoms with Crippen LogP contribution in [0, 0.1) is 5.92 Å². The molecular formula is C8H11NaO3. The van der Waals surface area contributed by atoms with Crippen molar-refractivity contribution >= 4 is 41.5 Å². The number of allylic oxidation sites excluding steroid dienone is 1. The van der Waals surface area contributed by atoms with Crippen LogP contribution < -0.4 is 0 Å². The van der Waals surface area contributed by atoms with Crippen LogP contribution in [0.4, 0.5) is 0 Å². The van der Waals surface area contributed by atoms with Crippen LogP contribution in [0.2, 0.25) is 0 Å². The quantitative estimate of drug-likeness (QED) is 0.252. The Hall–Kier alpha value is -0.120. The fourth-order valence-corrected chi connectivity index (χ4v) is 1.02. The van der Waals surface area contributed by atoms with E-state index in [9.17, 15) is 9.59 Å². The van der Waals surface area contributed by atoms with Crippen LogP contribution in [0.25, 0.3) is 0 Å². The minimum atomic E-state index is -0.420. The van der Waals surface area contributed by atoms with Crippen LogP contribution in [-0.2, 0) is 14.3 Å². The summed E-state index contributed by atoms with van der Waals surface area (Å²) in [5.74, 6) is -1.18. The van der Waals surface area contributed by atoms with Gasteiger partial charge in [-0.2, -0.15) is 0 Å². The van der Waals surface area contributed by atoms with Crippen molar-refractivity contribution in [1.29, 1.82) is 0 Å². The molecule has 0 saturated carbocycles. The number of cyclic esters (lactones) is 2. The fraction of sp³-hybridized carbons (Fsp3) is 0.500. The van der Waals surface area contributed by atoms with Crippen LogP contribution in [0.5, 0.6) is 0 Å². The molecule has 0 aromatic rings. The van der Waals surface area contributed by atoms with Gasteiger partial charge in [0.1, 0.15) is 0 Å². The average Bonchev–Trinajstić information content (AvgIpc) is 2.09. The molecule has 12 heavy (non-hydrogen) atoms. The molecule has 4 heteroatoms. The predicted octanol–water partition coefficient (Wildman–Crippen LogP) is 0.394. The zero-order valence-electron chi connectivity index (χ0n) is 6.59. The Kier molecular flexibility index (Phi) is 4.75. The SMILES string of the molecule is CC(C)=CC1CC(=O)OC1=O.[NaH]. The molecule has 3 nitrogen and oxygen atoms in total. The van der Waals surface area contributed by atoms with Gasteiger partial charge in [-0.1, -0.05) is 11.6 Å². The summed E-state index contributed by atoms with van der Waals surface area (Å²) in [4.78, 5) is 21.4. The average molecular weight is 178 g/mol. The molecule has 62 valence electrons. The van der Waals surface area contributed by atoms with Crippen LogP contribution in [0.1, 0.15) is 20.3 Å². The summed E-state index contributed by atoms with van der Waals surface area (Å²) >= 11 is 0. The Morgan fingerprint density at radius 2 is 2.08 bits per heavy atom. The van der Waals surface area contributed by atoms with Crippen molar-refractivity contribution in [2.45, 2.75) is 20.3 Å². The third-order valence-electron chi connectivity index (χ3n) is 1.44. The van der Waals surface area contributed by atoms with Gasteiger partial charge in [0, 0.05) is 0 Å². The van der Waals surface area contributed by atoms with E-state index in [4.69, 9.17) is 0 Å². The Bertz CT molecular complexity index is 228. The number of carbonyl (C=O) groups is 2. The number of ether oxygens (including phenoxy) is 1. The summed E-state index contributed by atoms with van der Waals surface area (Å²) in [6, 6.07) is 0. The zero-order chi connectivity index (χ0) is 8.43. The molecule has 1 saturated heterocycles. The van der Waals surface area contributed by atoms with E-state index in [0.717, 1.165) is 5.57 Å². The molecule has 0 N–H and O–H groups in total. The maximum absolute atomic E-state index is 10.8. The second kappa shape index (κ2) is 4.80. The molecule has 0 bridgehead atoms. The molecule has 1 rings (SSSR count). The number of rotatable bonds is 1. The summed E-state index contributed by atoms with van der Waals surface area (Å²) < 4.78 is 4.35. The van der Waals surface area contributed by atoms with E-state index in [-0.39, 0.29) is 41.9 Å². The van der Waals surface area contributed by atoms with E-state index in [0.29, 0.717) is 0 Å². The number of esters is 2.